The predicted molar refractivity (Wildman–Crippen MR) is 71.6 cm³/mol. The third kappa shape index (κ3) is 3.28. The summed E-state index contributed by atoms with van der Waals surface area (Å²) in [5, 5.41) is 13.3. The van der Waals surface area contributed by atoms with Crippen molar-refractivity contribution in [2.75, 3.05) is 6.54 Å². The summed E-state index contributed by atoms with van der Waals surface area (Å²) in [5.74, 6) is 0. The van der Waals surface area contributed by atoms with Gasteiger partial charge in [-0.3, -0.25) is 0 Å². The molecule has 0 fully saturated rings. The van der Waals surface area contributed by atoms with Gasteiger partial charge >= 0.3 is 0 Å². The van der Waals surface area contributed by atoms with Crippen molar-refractivity contribution in [2.45, 2.75) is 10.3 Å². The molecule has 0 aromatic carbocycles. The van der Waals surface area contributed by atoms with Crippen molar-refractivity contribution in [1.82, 2.24) is 9.71 Å². The van der Waals surface area contributed by atoms with E-state index in [1.54, 1.807) is 11.4 Å². The molecule has 0 amide bonds. The molecule has 98 valence electrons. The van der Waals surface area contributed by atoms with Crippen LogP contribution in [0.25, 0.3) is 0 Å². The van der Waals surface area contributed by atoms with E-state index in [1.807, 2.05) is 5.38 Å². The lowest BCUT2D eigenvalue weighted by atomic mass is 10.2. The number of sulfonamides is 1. The van der Waals surface area contributed by atoms with E-state index in [2.05, 4.69) is 9.71 Å². The topological polar surface area (TPSA) is 79.3 Å². The number of aliphatic hydroxyl groups excluding tert-OH is 1. The molecule has 0 radical (unpaired) electrons. The third-order valence-electron chi connectivity index (χ3n) is 2.12. The average Bonchev–Trinajstić information content (AvgIpc) is 2.96. The van der Waals surface area contributed by atoms with Crippen LogP contribution < -0.4 is 4.72 Å². The second kappa shape index (κ2) is 5.64. The van der Waals surface area contributed by atoms with Crippen LogP contribution in [0.2, 0.25) is 4.47 Å². The van der Waals surface area contributed by atoms with Crippen molar-refractivity contribution in [2.24, 2.45) is 0 Å². The van der Waals surface area contributed by atoms with Crippen molar-refractivity contribution in [3.05, 3.63) is 33.1 Å². The number of rotatable bonds is 5. The van der Waals surface area contributed by atoms with E-state index in [0.29, 0.717) is 5.56 Å². The van der Waals surface area contributed by atoms with Gasteiger partial charge < -0.3 is 5.11 Å². The first-order chi connectivity index (χ1) is 8.49. The van der Waals surface area contributed by atoms with Gasteiger partial charge in [-0.25, -0.2) is 18.1 Å². The van der Waals surface area contributed by atoms with E-state index in [9.17, 15) is 13.5 Å². The Labute approximate surface area is 117 Å². The smallest absolute Gasteiger partial charge is 0.251 e. The number of aliphatic hydroxyl groups is 1. The predicted octanol–water partition coefficient (Wildman–Crippen LogP) is 1.87. The van der Waals surface area contributed by atoms with Gasteiger partial charge in [0.15, 0.2) is 8.68 Å². The summed E-state index contributed by atoms with van der Waals surface area (Å²) in [6.07, 6.45) is 0.321. The summed E-state index contributed by atoms with van der Waals surface area (Å²) in [5.41, 5.74) is 0.685. The van der Waals surface area contributed by atoms with E-state index in [1.165, 1.54) is 17.5 Å². The molecule has 18 heavy (non-hydrogen) atoms. The molecule has 2 heterocycles. The summed E-state index contributed by atoms with van der Waals surface area (Å²) in [6, 6.07) is 1.74. The van der Waals surface area contributed by atoms with E-state index < -0.39 is 16.1 Å². The van der Waals surface area contributed by atoms with Gasteiger partial charge in [-0.2, -0.15) is 11.3 Å². The summed E-state index contributed by atoms with van der Waals surface area (Å²) < 4.78 is 26.1. The molecule has 1 atom stereocenters. The Morgan fingerprint density at radius 3 is 2.89 bits per heavy atom. The summed E-state index contributed by atoms with van der Waals surface area (Å²) in [6.45, 7) is -0.0887. The van der Waals surface area contributed by atoms with E-state index in [-0.39, 0.29) is 15.2 Å². The molecule has 5 nitrogen and oxygen atoms in total. The first-order valence-electron chi connectivity index (χ1n) is 4.80. The Hall–Kier alpha value is -0.510. The molecular weight excluding hydrogens is 316 g/mol. The van der Waals surface area contributed by atoms with Crippen LogP contribution in [0.1, 0.15) is 11.7 Å². The van der Waals surface area contributed by atoms with Gasteiger partial charge in [-0.05, 0) is 22.4 Å². The number of hydrogen-bond donors (Lipinski definition) is 2. The van der Waals surface area contributed by atoms with E-state index in [0.717, 1.165) is 11.3 Å². The lowest BCUT2D eigenvalue weighted by Crippen LogP contribution is -2.27. The van der Waals surface area contributed by atoms with Crippen molar-refractivity contribution in [3.63, 3.8) is 0 Å². The molecule has 0 saturated heterocycles. The number of nitrogens with zero attached hydrogens (tertiary/aromatic N) is 1. The Morgan fingerprint density at radius 2 is 2.33 bits per heavy atom. The van der Waals surface area contributed by atoms with E-state index in [4.69, 9.17) is 11.6 Å². The highest BCUT2D eigenvalue weighted by Gasteiger charge is 2.19. The highest BCUT2D eigenvalue weighted by Crippen LogP contribution is 2.22. The Kier molecular flexibility index (Phi) is 4.36. The molecule has 0 aliphatic rings. The van der Waals surface area contributed by atoms with Crippen LogP contribution in [0.5, 0.6) is 0 Å². The van der Waals surface area contributed by atoms with Crippen LogP contribution in [0.3, 0.4) is 0 Å². The minimum atomic E-state index is -3.66. The van der Waals surface area contributed by atoms with Gasteiger partial charge in [0.2, 0.25) is 0 Å². The maximum Gasteiger partial charge on any atom is 0.251 e. The zero-order valence-corrected chi connectivity index (χ0v) is 12.1. The van der Waals surface area contributed by atoms with Crippen LogP contribution in [0.4, 0.5) is 0 Å². The second-order valence-corrected chi connectivity index (χ2v) is 7.74. The van der Waals surface area contributed by atoms with Crippen molar-refractivity contribution < 1.29 is 13.5 Å². The van der Waals surface area contributed by atoms with Gasteiger partial charge in [-0.15, -0.1) is 0 Å². The molecule has 0 bridgehead atoms. The second-order valence-electron chi connectivity index (χ2n) is 3.36. The Morgan fingerprint density at radius 1 is 1.56 bits per heavy atom. The van der Waals surface area contributed by atoms with Gasteiger partial charge in [0, 0.05) is 6.54 Å². The molecule has 2 aromatic rings. The SMILES string of the molecule is O=S(=O)(NCC(O)c1ccsc1)c1cnc(Cl)s1. The monoisotopic (exact) mass is 324 g/mol. The molecule has 0 aliphatic heterocycles. The Bertz CT molecular complexity index is 609. The minimum absolute atomic E-state index is 0.0324. The Balaban J connectivity index is 2.02. The molecule has 0 saturated carbocycles. The van der Waals surface area contributed by atoms with Crippen LogP contribution in [-0.2, 0) is 10.0 Å². The molecule has 2 rings (SSSR count). The largest absolute Gasteiger partial charge is 0.387 e. The molecule has 0 aliphatic carbocycles. The number of thiazole rings is 1. The fourth-order valence-electron chi connectivity index (χ4n) is 1.21. The quantitative estimate of drug-likeness (QED) is 0.880. The maximum absolute atomic E-state index is 11.8. The first kappa shape index (κ1) is 13.9. The molecule has 0 spiro atoms. The van der Waals surface area contributed by atoms with Gasteiger partial charge in [0.25, 0.3) is 10.0 Å². The maximum atomic E-state index is 11.8. The molecule has 9 heteroatoms. The van der Waals surface area contributed by atoms with Crippen LogP contribution in [0.15, 0.2) is 27.2 Å². The van der Waals surface area contributed by atoms with Crippen LogP contribution >= 0.6 is 34.3 Å². The zero-order valence-electron chi connectivity index (χ0n) is 8.91. The van der Waals surface area contributed by atoms with Gasteiger partial charge in [0.1, 0.15) is 0 Å². The number of nitrogens with one attached hydrogen (secondary N) is 1. The lowest BCUT2D eigenvalue weighted by molar-refractivity contribution is 0.182. The number of thiophene rings is 1. The lowest BCUT2D eigenvalue weighted by Gasteiger charge is -2.09. The number of halogens is 1. The standard InChI is InChI=1S/C9H9ClN2O3S3/c10-9-11-4-8(17-9)18(14,15)12-3-7(13)6-1-2-16-5-6/h1-2,4-5,7,12-13H,3H2. The summed E-state index contributed by atoms with van der Waals surface area (Å²) in [7, 11) is -3.66. The third-order valence-corrected chi connectivity index (χ3v) is 5.82. The molecule has 1 unspecified atom stereocenters. The first-order valence-corrected chi connectivity index (χ1v) is 8.42. The van der Waals surface area contributed by atoms with Crippen molar-refractivity contribution in [3.8, 4) is 0 Å². The average molecular weight is 325 g/mol. The molecule has 2 N–H and O–H groups in total. The zero-order chi connectivity index (χ0) is 13.2. The van der Waals surface area contributed by atoms with Gasteiger partial charge in [-0.1, -0.05) is 22.9 Å². The number of aromatic nitrogens is 1. The fraction of sp³-hybridized carbons (Fsp3) is 0.222. The van der Waals surface area contributed by atoms with Crippen LogP contribution in [-0.4, -0.2) is 25.1 Å². The van der Waals surface area contributed by atoms with Crippen molar-refractivity contribution in [1.29, 1.82) is 0 Å². The normalized spacial score (nSPS) is 13.7. The van der Waals surface area contributed by atoms with E-state index >= 15 is 0 Å². The summed E-state index contributed by atoms with van der Waals surface area (Å²) >= 11 is 7.88. The minimum Gasteiger partial charge on any atom is -0.387 e. The van der Waals surface area contributed by atoms with Crippen LogP contribution in [0, 0.1) is 0 Å². The highest BCUT2D eigenvalue weighted by molar-refractivity contribution is 7.91. The highest BCUT2D eigenvalue weighted by atomic mass is 35.5. The summed E-state index contributed by atoms with van der Waals surface area (Å²) in [4.78, 5) is 3.66. The van der Waals surface area contributed by atoms with Crippen molar-refractivity contribution >= 4 is 44.3 Å². The number of hydrogen-bond acceptors (Lipinski definition) is 6. The molecule has 2 aromatic heterocycles. The molecular formula is C9H9ClN2O3S3. The van der Waals surface area contributed by atoms with Gasteiger partial charge in [0.05, 0.1) is 12.3 Å². The fourth-order valence-corrected chi connectivity index (χ4v) is 4.29.